The highest BCUT2D eigenvalue weighted by molar-refractivity contribution is 9.11. The fraction of sp³-hybridized carbons (Fsp3) is 0.375. The Bertz CT molecular complexity index is 593. The number of nitrogens with one attached hydrogen (secondary N) is 1. The normalized spacial score (nSPS) is 18.4. The number of rotatable bonds is 3. The highest BCUT2D eigenvalue weighted by Gasteiger charge is 2.26. The van der Waals surface area contributed by atoms with E-state index in [4.69, 9.17) is 11.6 Å². The molecule has 112 valence electrons. The molecule has 1 N–H and O–H groups in total. The lowest BCUT2D eigenvalue weighted by Gasteiger charge is -2.30. The van der Waals surface area contributed by atoms with Crippen LogP contribution in [0.5, 0.6) is 0 Å². The molecule has 1 aliphatic rings. The smallest absolute Gasteiger partial charge is 0.0711 e. The van der Waals surface area contributed by atoms with E-state index >= 15 is 0 Å². The Hall–Kier alpha value is -0.390. The number of halogens is 2. The summed E-state index contributed by atoms with van der Waals surface area (Å²) in [4.78, 5) is 3.89. The van der Waals surface area contributed by atoms with Crippen LogP contribution in [0, 0.1) is 0 Å². The Morgan fingerprint density at radius 1 is 1.14 bits per heavy atom. The van der Waals surface area contributed by atoms with Crippen LogP contribution in [0.1, 0.15) is 22.9 Å². The molecule has 3 rings (SSSR count). The highest BCUT2D eigenvalue weighted by Crippen LogP contribution is 2.38. The molecule has 0 spiro atoms. The van der Waals surface area contributed by atoms with Crippen LogP contribution in [0.15, 0.2) is 40.2 Å². The van der Waals surface area contributed by atoms with Crippen molar-refractivity contribution in [2.45, 2.75) is 12.5 Å². The SMILES string of the molecule is Clc1ccccc1C(c1ccc(Br)s1)N1CCCNCC1. The van der Waals surface area contributed by atoms with Crippen LogP contribution in [-0.2, 0) is 0 Å². The lowest BCUT2D eigenvalue weighted by Crippen LogP contribution is -2.32. The van der Waals surface area contributed by atoms with Crippen molar-refractivity contribution in [3.63, 3.8) is 0 Å². The zero-order chi connectivity index (χ0) is 14.7. The molecule has 1 aromatic heterocycles. The summed E-state index contributed by atoms with van der Waals surface area (Å²) >= 11 is 11.9. The Labute approximate surface area is 143 Å². The van der Waals surface area contributed by atoms with Crippen LogP contribution < -0.4 is 5.32 Å². The molecule has 1 atom stereocenters. The van der Waals surface area contributed by atoms with E-state index in [0.717, 1.165) is 31.2 Å². The van der Waals surface area contributed by atoms with Gasteiger partial charge < -0.3 is 5.32 Å². The standard InChI is InChI=1S/C16H18BrClN2S/c17-15-7-6-14(21-15)16(12-4-1-2-5-13(12)18)20-10-3-8-19-9-11-20/h1-2,4-7,16,19H,3,8-11H2. The van der Waals surface area contributed by atoms with E-state index < -0.39 is 0 Å². The number of benzene rings is 1. The van der Waals surface area contributed by atoms with Crippen molar-refractivity contribution in [2.75, 3.05) is 26.2 Å². The Morgan fingerprint density at radius 3 is 2.76 bits per heavy atom. The van der Waals surface area contributed by atoms with Crippen LogP contribution >= 0.6 is 38.9 Å². The van der Waals surface area contributed by atoms with Gasteiger partial charge in [0.15, 0.2) is 0 Å². The number of hydrogen-bond acceptors (Lipinski definition) is 3. The quantitative estimate of drug-likeness (QED) is 0.834. The second kappa shape index (κ2) is 7.25. The average molecular weight is 386 g/mol. The molecular weight excluding hydrogens is 368 g/mol. The van der Waals surface area contributed by atoms with Gasteiger partial charge in [-0.3, -0.25) is 4.90 Å². The molecule has 2 aromatic rings. The molecule has 21 heavy (non-hydrogen) atoms. The van der Waals surface area contributed by atoms with Crippen LogP contribution in [0.25, 0.3) is 0 Å². The molecular formula is C16H18BrClN2S. The zero-order valence-electron chi connectivity index (χ0n) is 11.7. The summed E-state index contributed by atoms with van der Waals surface area (Å²) in [7, 11) is 0. The van der Waals surface area contributed by atoms with Crippen molar-refractivity contribution in [1.29, 1.82) is 0 Å². The Kier molecular flexibility index (Phi) is 5.35. The zero-order valence-corrected chi connectivity index (χ0v) is 14.8. The highest BCUT2D eigenvalue weighted by atomic mass is 79.9. The summed E-state index contributed by atoms with van der Waals surface area (Å²) in [6.45, 7) is 4.27. The van der Waals surface area contributed by atoms with Gasteiger partial charge in [0.05, 0.1) is 9.83 Å². The molecule has 0 amide bonds. The van der Waals surface area contributed by atoms with E-state index in [-0.39, 0.29) is 6.04 Å². The Balaban J connectivity index is 2.00. The van der Waals surface area contributed by atoms with Gasteiger partial charge in [-0.2, -0.15) is 0 Å². The second-order valence-electron chi connectivity index (χ2n) is 5.21. The molecule has 1 fully saturated rings. The first-order chi connectivity index (χ1) is 10.3. The molecule has 1 aromatic carbocycles. The molecule has 1 aliphatic heterocycles. The maximum Gasteiger partial charge on any atom is 0.0711 e. The van der Waals surface area contributed by atoms with Gasteiger partial charge in [-0.15, -0.1) is 11.3 Å². The van der Waals surface area contributed by atoms with Crippen LogP contribution in [0.4, 0.5) is 0 Å². The Morgan fingerprint density at radius 2 is 2.00 bits per heavy atom. The first-order valence-corrected chi connectivity index (χ1v) is 9.19. The van der Waals surface area contributed by atoms with Crippen LogP contribution in [0.2, 0.25) is 5.02 Å². The number of nitrogens with zero attached hydrogens (tertiary/aromatic N) is 1. The summed E-state index contributed by atoms with van der Waals surface area (Å²) in [6.07, 6.45) is 1.17. The minimum atomic E-state index is 0.245. The molecule has 0 saturated carbocycles. The molecule has 1 saturated heterocycles. The van der Waals surface area contributed by atoms with E-state index in [0.29, 0.717) is 0 Å². The van der Waals surface area contributed by atoms with E-state index in [1.165, 1.54) is 20.6 Å². The first kappa shape index (κ1) is 15.5. The van der Waals surface area contributed by atoms with E-state index in [9.17, 15) is 0 Å². The van der Waals surface area contributed by atoms with Gasteiger partial charge in [0.25, 0.3) is 0 Å². The van der Waals surface area contributed by atoms with Crippen molar-refractivity contribution in [3.8, 4) is 0 Å². The van der Waals surface area contributed by atoms with Crippen molar-refractivity contribution >= 4 is 38.9 Å². The average Bonchev–Trinajstić information content (AvgIpc) is 2.74. The van der Waals surface area contributed by atoms with Crippen LogP contribution in [-0.4, -0.2) is 31.1 Å². The number of hydrogen-bond donors (Lipinski definition) is 1. The summed E-state index contributed by atoms with van der Waals surface area (Å²) < 4.78 is 1.17. The predicted octanol–water partition coefficient (Wildman–Crippen LogP) is 4.55. The van der Waals surface area contributed by atoms with Crippen molar-refractivity contribution in [3.05, 3.63) is 55.6 Å². The molecule has 2 heterocycles. The molecule has 2 nitrogen and oxygen atoms in total. The maximum absolute atomic E-state index is 6.49. The third-order valence-corrected chi connectivity index (χ3v) is 5.82. The van der Waals surface area contributed by atoms with Gasteiger partial charge in [0.2, 0.25) is 0 Å². The summed E-state index contributed by atoms with van der Waals surface area (Å²) in [5.41, 5.74) is 1.20. The maximum atomic E-state index is 6.49. The van der Waals surface area contributed by atoms with Gasteiger partial charge in [-0.25, -0.2) is 0 Å². The van der Waals surface area contributed by atoms with E-state index in [1.54, 1.807) is 11.3 Å². The molecule has 0 aliphatic carbocycles. The van der Waals surface area contributed by atoms with Crippen molar-refractivity contribution < 1.29 is 0 Å². The summed E-state index contributed by atoms with van der Waals surface area (Å²) in [5.74, 6) is 0. The van der Waals surface area contributed by atoms with Gasteiger partial charge in [0, 0.05) is 29.5 Å². The van der Waals surface area contributed by atoms with Crippen LogP contribution in [0.3, 0.4) is 0 Å². The fourth-order valence-electron chi connectivity index (χ4n) is 2.83. The minimum absolute atomic E-state index is 0.245. The third-order valence-electron chi connectivity index (χ3n) is 3.80. The third kappa shape index (κ3) is 3.69. The fourth-order valence-corrected chi connectivity index (χ4v) is 4.64. The van der Waals surface area contributed by atoms with E-state index in [1.807, 2.05) is 12.1 Å². The summed E-state index contributed by atoms with van der Waals surface area (Å²) in [6, 6.07) is 12.8. The molecule has 5 heteroatoms. The molecule has 0 bridgehead atoms. The van der Waals surface area contributed by atoms with Crippen molar-refractivity contribution in [2.24, 2.45) is 0 Å². The molecule has 0 radical (unpaired) electrons. The van der Waals surface area contributed by atoms with Gasteiger partial charge in [0.1, 0.15) is 0 Å². The topological polar surface area (TPSA) is 15.3 Å². The predicted molar refractivity (Wildman–Crippen MR) is 94.4 cm³/mol. The lowest BCUT2D eigenvalue weighted by molar-refractivity contribution is 0.244. The lowest BCUT2D eigenvalue weighted by atomic mass is 10.0. The monoisotopic (exact) mass is 384 g/mol. The van der Waals surface area contributed by atoms with Gasteiger partial charge >= 0.3 is 0 Å². The van der Waals surface area contributed by atoms with Gasteiger partial charge in [-0.1, -0.05) is 29.8 Å². The first-order valence-electron chi connectivity index (χ1n) is 7.20. The molecule has 1 unspecified atom stereocenters. The second-order valence-corrected chi connectivity index (χ2v) is 8.11. The largest absolute Gasteiger partial charge is 0.315 e. The van der Waals surface area contributed by atoms with E-state index in [2.05, 4.69) is 50.4 Å². The minimum Gasteiger partial charge on any atom is -0.315 e. The number of thiophene rings is 1. The van der Waals surface area contributed by atoms with Gasteiger partial charge in [-0.05, 0) is 52.7 Å². The summed E-state index contributed by atoms with van der Waals surface area (Å²) in [5, 5.41) is 4.33. The van der Waals surface area contributed by atoms with Crippen molar-refractivity contribution in [1.82, 2.24) is 10.2 Å².